The normalized spacial score (nSPS) is 11.3. The minimum absolute atomic E-state index is 0.105. The molecule has 0 radical (unpaired) electrons. The van der Waals surface area contributed by atoms with Crippen LogP contribution >= 0.6 is 11.6 Å². The molecule has 0 fully saturated rings. The summed E-state index contributed by atoms with van der Waals surface area (Å²) < 4.78 is 15.2. The molecule has 0 saturated carbocycles. The van der Waals surface area contributed by atoms with E-state index in [1.54, 1.807) is 18.5 Å². The van der Waals surface area contributed by atoms with Gasteiger partial charge in [0.1, 0.15) is 17.7 Å². The molecule has 0 aliphatic rings. The number of amides is 1. The number of anilines is 1. The number of halogens is 2. The van der Waals surface area contributed by atoms with Crippen LogP contribution in [0.25, 0.3) is 22.1 Å². The van der Waals surface area contributed by atoms with Crippen LogP contribution in [0.15, 0.2) is 55.1 Å². The van der Waals surface area contributed by atoms with E-state index < -0.39 is 0 Å². The summed E-state index contributed by atoms with van der Waals surface area (Å²) >= 11 is 6.36. The van der Waals surface area contributed by atoms with Gasteiger partial charge < -0.3 is 20.6 Å². The van der Waals surface area contributed by atoms with Crippen molar-refractivity contribution in [3.05, 3.63) is 82.8 Å². The maximum Gasteiger partial charge on any atom is 0.224 e. The zero-order valence-electron chi connectivity index (χ0n) is 17.3. The first-order chi connectivity index (χ1) is 16.0. The van der Waals surface area contributed by atoms with Crippen molar-refractivity contribution in [1.82, 2.24) is 29.8 Å². The highest BCUT2D eigenvalue weighted by atomic mass is 35.5. The molecule has 4 N–H and O–H groups in total. The average Bonchev–Trinajstić information content (AvgIpc) is 3.37. The molecule has 2 aromatic carbocycles. The van der Waals surface area contributed by atoms with Gasteiger partial charge in [-0.25, -0.2) is 19.3 Å². The largest absolute Gasteiger partial charge is 0.382 e. The Morgan fingerprint density at radius 1 is 1.18 bits per heavy atom. The van der Waals surface area contributed by atoms with E-state index in [9.17, 15) is 9.18 Å². The van der Waals surface area contributed by atoms with E-state index in [0.717, 1.165) is 22.2 Å². The van der Waals surface area contributed by atoms with Crippen molar-refractivity contribution >= 4 is 45.4 Å². The standard InChI is InChI=1S/C23H19ClFN7O/c24-16-6-14-8-18(9-27-19(33)5-13-2-1-3-17(25)4-13)31-20(14)15(7-16)10-32-12-30-21-22(26)28-11-29-23(21)32/h1-4,6-8,11-12,31H,5,9-10H2,(H,27,33)(H2,26,28,29). The molecule has 33 heavy (non-hydrogen) atoms. The van der Waals surface area contributed by atoms with Crippen molar-refractivity contribution in [2.45, 2.75) is 19.5 Å². The van der Waals surface area contributed by atoms with E-state index in [1.165, 1.54) is 18.5 Å². The van der Waals surface area contributed by atoms with Crippen molar-refractivity contribution in [2.75, 3.05) is 5.73 Å². The number of hydrogen-bond donors (Lipinski definition) is 3. The number of nitrogens with one attached hydrogen (secondary N) is 2. The summed E-state index contributed by atoms with van der Waals surface area (Å²) in [6.07, 6.45) is 3.18. The molecule has 166 valence electrons. The van der Waals surface area contributed by atoms with E-state index in [4.69, 9.17) is 17.3 Å². The first-order valence-corrected chi connectivity index (χ1v) is 10.6. The number of hydrogen-bond acceptors (Lipinski definition) is 5. The van der Waals surface area contributed by atoms with Crippen LogP contribution in [0.1, 0.15) is 16.8 Å². The summed E-state index contributed by atoms with van der Waals surface area (Å²) in [4.78, 5) is 28.2. The minimum atomic E-state index is -0.361. The number of benzene rings is 2. The summed E-state index contributed by atoms with van der Waals surface area (Å²) in [7, 11) is 0. The summed E-state index contributed by atoms with van der Waals surface area (Å²) in [5.41, 5.74) is 10.3. The summed E-state index contributed by atoms with van der Waals surface area (Å²) in [6, 6.07) is 11.7. The van der Waals surface area contributed by atoms with E-state index in [-0.39, 0.29) is 18.1 Å². The van der Waals surface area contributed by atoms with Gasteiger partial charge in [0.2, 0.25) is 5.91 Å². The molecule has 5 rings (SSSR count). The number of rotatable bonds is 6. The molecule has 0 spiro atoms. The number of aromatic nitrogens is 5. The summed E-state index contributed by atoms with van der Waals surface area (Å²) in [5.74, 6) is -0.231. The molecule has 0 atom stereocenters. The molecule has 3 aromatic heterocycles. The van der Waals surface area contributed by atoms with Gasteiger partial charge in [0.15, 0.2) is 11.5 Å². The summed E-state index contributed by atoms with van der Waals surface area (Å²) in [5, 5.41) is 4.38. The van der Waals surface area contributed by atoms with Gasteiger partial charge in [-0.15, -0.1) is 0 Å². The zero-order valence-corrected chi connectivity index (χ0v) is 18.1. The van der Waals surface area contributed by atoms with Gasteiger partial charge in [0.05, 0.1) is 31.4 Å². The molecule has 10 heteroatoms. The lowest BCUT2D eigenvalue weighted by atomic mass is 10.1. The average molecular weight is 464 g/mol. The number of H-pyrrole nitrogens is 1. The SMILES string of the molecule is Nc1ncnc2c1ncn2Cc1cc(Cl)cc2cc(CNC(=O)Cc3cccc(F)c3)[nH]c12. The number of carbonyl (C=O) groups excluding carboxylic acids is 1. The molecule has 0 aliphatic carbocycles. The minimum Gasteiger partial charge on any atom is -0.382 e. The Balaban J connectivity index is 1.36. The quantitative estimate of drug-likeness (QED) is 0.356. The van der Waals surface area contributed by atoms with Gasteiger partial charge >= 0.3 is 0 Å². The Hall–Kier alpha value is -3.98. The molecular weight excluding hydrogens is 445 g/mol. The molecule has 0 unspecified atom stereocenters. The van der Waals surface area contributed by atoms with E-state index in [2.05, 4.69) is 25.3 Å². The third kappa shape index (κ3) is 4.35. The van der Waals surface area contributed by atoms with E-state index in [1.807, 2.05) is 22.8 Å². The van der Waals surface area contributed by atoms with Crippen molar-refractivity contribution in [2.24, 2.45) is 0 Å². The molecule has 3 heterocycles. The molecule has 0 aliphatic heterocycles. The van der Waals surface area contributed by atoms with Crippen LogP contribution < -0.4 is 11.1 Å². The number of aromatic amines is 1. The van der Waals surface area contributed by atoms with Crippen LogP contribution in [0.4, 0.5) is 10.2 Å². The third-order valence-electron chi connectivity index (χ3n) is 5.33. The van der Waals surface area contributed by atoms with Gasteiger partial charge in [-0.05, 0) is 41.5 Å². The first-order valence-electron chi connectivity index (χ1n) is 10.2. The molecule has 5 aromatic rings. The Morgan fingerprint density at radius 3 is 2.91 bits per heavy atom. The van der Waals surface area contributed by atoms with Crippen LogP contribution in [0.3, 0.4) is 0 Å². The molecular formula is C23H19ClFN7O. The fourth-order valence-electron chi connectivity index (χ4n) is 3.84. The molecule has 8 nitrogen and oxygen atoms in total. The third-order valence-corrected chi connectivity index (χ3v) is 5.55. The predicted molar refractivity (Wildman–Crippen MR) is 124 cm³/mol. The van der Waals surface area contributed by atoms with E-state index in [0.29, 0.717) is 40.7 Å². The van der Waals surface area contributed by atoms with Crippen molar-refractivity contribution in [1.29, 1.82) is 0 Å². The number of fused-ring (bicyclic) bond motifs is 2. The van der Waals surface area contributed by atoms with Crippen molar-refractivity contribution in [3.63, 3.8) is 0 Å². The lowest BCUT2D eigenvalue weighted by Gasteiger charge is -2.07. The second-order valence-electron chi connectivity index (χ2n) is 7.71. The number of nitrogen functional groups attached to an aromatic ring is 1. The predicted octanol–water partition coefficient (Wildman–Crippen LogP) is 3.59. The Kier molecular flexibility index (Phi) is 5.39. The number of carbonyl (C=O) groups is 1. The van der Waals surface area contributed by atoms with Crippen molar-refractivity contribution in [3.8, 4) is 0 Å². The molecule has 0 bridgehead atoms. The first kappa shape index (κ1) is 20.9. The van der Waals surface area contributed by atoms with Gasteiger partial charge in [0.25, 0.3) is 0 Å². The Bertz CT molecular complexity index is 1490. The highest BCUT2D eigenvalue weighted by Gasteiger charge is 2.13. The molecule has 1 amide bonds. The van der Waals surface area contributed by atoms with Gasteiger partial charge in [0, 0.05) is 16.1 Å². The number of nitrogens with two attached hydrogens (primary N) is 1. The maximum absolute atomic E-state index is 13.3. The van der Waals surface area contributed by atoms with Crippen LogP contribution in [-0.4, -0.2) is 30.4 Å². The molecule has 0 saturated heterocycles. The second-order valence-corrected chi connectivity index (χ2v) is 8.15. The number of imidazole rings is 1. The van der Waals surface area contributed by atoms with Crippen LogP contribution in [0.5, 0.6) is 0 Å². The zero-order chi connectivity index (χ0) is 22.9. The monoisotopic (exact) mass is 463 g/mol. The second kappa shape index (κ2) is 8.51. The van der Waals surface area contributed by atoms with Crippen LogP contribution in [-0.2, 0) is 24.3 Å². The highest BCUT2D eigenvalue weighted by Crippen LogP contribution is 2.26. The fourth-order valence-corrected chi connectivity index (χ4v) is 4.09. The lowest BCUT2D eigenvalue weighted by molar-refractivity contribution is -0.120. The fraction of sp³-hybridized carbons (Fsp3) is 0.130. The maximum atomic E-state index is 13.3. The van der Waals surface area contributed by atoms with Gasteiger partial charge in [-0.2, -0.15) is 0 Å². The lowest BCUT2D eigenvalue weighted by Crippen LogP contribution is -2.24. The van der Waals surface area contributed by atoms with Gasteiger partial charge in [-0.1, -0.05) is 23.7 Å². The smallest absolute Gasteiger partial charge is 0.224 e. The topological polar surface area (TPSA) is 115 Å². The number of nitrogens with zero attached hydrogens (tertiary/aromatic N) is 4. The van der Waals surface area contributed by atoms with Crippen LogP contribution in [0.2, 0.25) is 5.02 Å². The van der Waals surface area contributed by atoms with Crippen LogP contribution in [0, 0.1) is 5.82 Å². The van der Waals surface area contributed by atoms with E-state index >= 15 is 0 Å². The highest BCUT2D eigenvalue weighted by molar-refractivity contribution is 6.31. The van der Waals surface area contributed by atoms with Crippen molar-refractivity contribution < 1.29 is 9.18 Å². The Morgan fingerprint density at radius 2 is 2.06 bits per heavy atom. The Labute approximate surface area is 192 Å². The summed E-state index contributed by atoms with van der Waals surface area (Å²) in [6.45, 7) is 0.771. The van der Waals surface area contributed by atoms with Gasteiger partial charge in [-0.3, -0.25) is 4.79 Å².